The van der Waals surface area contributed by atoms with Crippen molar-refractivity contribution < 1.29 is 4.79 Å². The number of primary amides is 1. The number of fused-ring (bicyclic) bond motifs is 1. The first-order chi connectivity index (χ1) is 11.2. The molecule has 1 amide bonds. The molecule has 0 fully saturated rings. The second kappa shape index (κ2) is 7.28. The molecule has 0 spiro atoms. The second-order valence-corrected chi connectivity index (χ2v) is 7.30. The predicted octanol–water partition coefficient (Wildman–Crippen LogP) is 3.62. The van der Waals surface area contributed by atoms with Gasteiger partial charge in [0.25, 0.3) is 0 Å². The zero-order valence-electron chi connectivity index (χ0n) is 13.6. The van der Waals surface area contributed by atoms with Gasteiger partial charge in [0, 0.05) is 22.8 Å². The summed E-state index contributed by atoms with van der Waals surface area (Å²) < 4.78 is 0. The van der Waals surface area contributed by atoms with Gasteiger partial charge in [-0.2, -0.15) is 0 Å². The summed E-state index contributed by atoms with van der Waals surface area (Å²) >= 11 is 1.64. The summed E-state index contributed by atoms with van der Waals surface area (Å²) in [6.07, 6.45) is 4.65. The van der Waals surface area contributed by atoms with Crippen LogP contribution >= 0.6 is 11.3 Å². The van der Waals surface area contributed by atoms with Gasteiger partial charge in [0.15, 0.2) is 0 Å². The topological polar surface area (TPSA) is 46.3 Å². The third kappa shape index (κ3) is 3.82. The molecule has 1 aromatic heterocycles. The SMILES string of the molecule is CCCN(Cc1cc(C(N)=O)cs1)[C@H]1CCc2ccccc2C1. The molecule has 1 atom stereocenters. The largest absolute Gasteiger partial charge is 0.366 e. The van der Waals surface area contributed by atoms with Crippen LogP contribution in [0.2, 0.25) is 0 Å². The summed E-state index contributed by atoms with van der Waals surface area (Å²) in [5.41, 5.74) is 9.00. The van der Waals surface area contributed by atoms with Crippen molar-refractivity contribution in [2.24, 2.45) is 5.73 Å². The minimum absolute atomic E-state index is 0.332. The average molecular weight is 328 g/mol. The Morgan fingerprint density at radius 1 is 1.35 bits per heavy atom. The summed E-state index contributed by atoms with van der Waals surface area (Å²) in [5.74, 6) is -0.332. The van der Waals surface area contributed by atoms with Crippen LogP contribution in [0.4, 0.5) is 0 Å². The van der Waals surface area contributed by atoms with E-state index in [1.165, 1.54) is 22.4 Å². The molecule has 0 saturated carbocycles. The number of hydrogen-bond donors (Lipinski definition) is 1. The monoisotopic (exact) mass is 328 g/mol. The number of benzene rings is 1. The van der Waals surface area contributed by atoms with Crippen molar-refractivity contribution in [1.29, 1.82) is 0 Å². The van der Waals surface area contributed by atoms with E-state index in [2.05, 4.69) is 36.1 Å². The highest BCUT2D eigenvalue weighted by Gasteiger charge is 2.24. The molecule has 2 N–H and O–H groups in total. The lowest BCUT2D eigenvalue weighted by Crippen LogP contribution is -2.39. The van der Waals surface area contributed by atoms with Crippen molar-refractivity contribution in [2.45, 2.75) is 45.2 Å². The van der Waals surface area contributed by atoms with E-state index >= 15 is 0 Å². The Morgan fingerprint density at radius 2 is 2.13 bits per heavy atom. The van der Waals surface area contributed by atoms with Crippen LogP contribution in [0.5, 0.6) is 0 Å². The van der Waals surface area contributed by atoms with Gasteiger partial charge in [0.2, 0.25) is 5.91 Å². The van der Waals surface area contributed by atoms with E-state index < -0.39 is 0 Å². The van der Waals surface area contributed by atoms with E-state index in [1.807, 2.05) is 11.4 Å². The van der Waals surface area contributed by atoms with Gasteiger partial charge in [-0.05, 0) is 49.4 Å². The van der Waals surface area contributed by atoms with Crippen molar-refractivity contribution >= 4 is 17.2 Å². The number of carbonyl (C=O) groups is 1. The van der Waals surface area contributed by atoms with Crippen molar-refractivity contribution in [1.82, 2.24) is 4.90 Å². The first-order valence-corrected chi connectivity index (χ1v) is 9.23. The quantitative estimate of drug-likeness (QED) is 0.880. The summed E-state index contributed by atoms with van der Waals surface area (Å²) in [6, 6.07) is 11.3. The molecule has 1 aromatic carbocycles. The molecule has 1 aliphatic rings. The molecule has 2 aromatic rings. The lowest BCUT2D eigenvalue weighted by molar-refractivity contribution is 0.100. The molecule has 4 heteroatoms. The maximum absolute atomic E-state index is 11.3. The Balaban J connectivity index is 1.72. The van der Waals surface area contributed by atoms with Gasteiger partial charge in [-0.1, -0.05) is 31.2 Å². The van der Waals surface area contributed by atoms with E-state index in [-0.39, 0.29) is 5.91 Å². The van der Waals surface area contributed by atoms with Crippen molar-refractivity contribution in [3.8, 4) is 0 Å². The highest BCUT2D eigenvalue weighted by Crippen LogP contribution is 2.27. The lowest BCUT2D eigenvalue weighted by atomic mass is 9.87. The van der Waals surface area contributed by atoms with E-state index in [4.69, 9.17) is 5.73 Å². The highest BCUT2D eigenvalue weighted by atomic mass is 32.1. The highest BCUT2D eigenvalue weighted by molar-refractivity contribution is 7.10. The van der Waals surface area contributed by atoms with Gasteiger partial charge in [-0.3, -0.25) is 9.69 Å². The Hall–Kier alpha value is -1.65. The Bertz CT molecular complexity index is 680. The van der Waals surface area contributed by atoms with Gasteiger partial charge in [-0.25, -0.2) is 0 Å². The fourth-order valence-corrected chi connectivity index (χ4v) is 4.36. The Morgan fingerprint density at radius 3 is 2.83 bits per heavy atom. The van der Waals surface area contributed by atoms with Crippen LogP contribution in [-0.2, 0) is 19.4 Å². The number of carbonyl (C=O) groups excluding carboxylic acids is 1. The fourth-order valence-electron chi connectivity index (χ4n) is 3.46. The molecule has 23 heavy (non-hydrogen) atoms. The standard InChI is InChI=1S/C19H24N2OS/c1-2-9-21(12-18-11-16(13-23-18)19(20)22)17-8-7-14-5-3-4-6-15(14)10-17/h3-6,11,13,17H,2,7-10,12H2,1H3,(H2,20,22)/t17-/m0/s1. The maximum atomic E-state index is 11.3. The molecule has 0 saturated heterocycles. The van der Waals surface area contributed by atoms with Crippen molar-refractivity contribution in [2.75, 3.05) is 6.54 Å². The molecule has 0 aliphatic heterocycles. The second-order valence-electron chi connectivity index (χ2n) is 6.30. The van der Waals surface area contributed by atoms with Crippen LogP contribution in [0.1, 0.15) is 46.1 Å². The summed E-state index contributed by atoms with van der Waals surface area (Å²) in [6.45, 7) is 4.24. The molecular weight excluding hydrogens is 304 g/mol. The number of nitrogens with two attached hydrogens (primary N) is 1. The smallest absolute Gasteiger partial charge is 0.249 e. The predicted molar refractivity (Wildman–Crippen MR) is 95.8 cm³/mol. The van der Waals surface area contributed by atoms with Crippen molar-refractivity contribution in [3.05, 3.63) is 57.3 Å². The van der Waals surface area contributed by atoms with Crippen LogP contribution in [0.25, 0.3) is 0 Å². The zero-order valence-corrected chi connectivity index (χ0v) is 14.4. The number of hydrogen-bond acceptors (Lipinski definition) is 3. The maximum Gasteiger partial charge on any atom is 0.249 e. The van der Waals surface area contributed by atoms with Gasteiger partial charge in [0.05, 0.1) is 5.56 Å². The molecule has 122 valence electrons. The zero-order chi connectivity index (χ0) is 16.2. The van der Waals surface area contributed by atoms with Crippen LogP contribution in [0, 0.1) is 0 Å². The van der Waals surface area contributed by atoms with E-state index in [0.717, 1.165) is 32.4 Å². The molecule has 3 rings (SSSR count). The molecular formula is C19H24N2OS. The first-order valence-electron chi connectivity index (χ1n) is 8.35. The van der Waals surface area contributed by atoms with E-state index in [1.54, 1.807) is 11.3 Å². The van der Waals surface area contributed by atoms with Crippen LogP contribution < -0.4 is 5.73 Å². The summed E-state index contributed by atoms with van der Waals surface area (Å²) in [4.78, 5) is 15.1. The van der Waals surface area contributed by atoms with Crippen LogP contribution in [0.3, 0.4) is 0 Å². The fraction of sp³-hybridized carbons (Fsp3) is 0.421. The summed E-state index contributed by atoms with van der Waals surface area (Å²) in [5, 5.41) is 1.87. The van der Waals surface area contributed by atoms with Gasteiger partial charge in [-0.15, -0.1) is 11.3 Å². The minimum atomic E-state index is -0.332. The Kier molecular flexibility index (Phi) is 5.13. The van der Waals surface area contributed by atoms with Crippen LogP contribution in [-0.4, -0.2) is 23.4 Å². The molecule has 0 radical (unpaired) electrons. The Labute approximate surface area is 142 Å². The van der Waals surface area contributed by atoms with E-state index in [0.29, 0.717) is 11.6 Å². The third-order valence-corrected chi connectivity index (χ3v) is 5.57. The number of thiophene rings is 1. The number of rotatable bonds is 6. The lowest BCUT2D eigenvalue weighted by Gasteiger charge is -2.35. The summed E-state index contributed by atoms with van der Waals surface area (Å²) in [7, 11) is 0. The van der Waals surface area contributed by atoms with Crippen molar-refractivity contribution in [3.63, 3.8) is 0 Å². The van der Waals surface area contributed by atoms with E-state index in [9.17, 15) is 4.79 Å². The number of aryl methyl sites for hydroxylation is 1. The molecule has 3 nitrogen and oxygen atoms in total. The number of nitrogens with zero attached hydrogens (tertiary/aromatic N) is 1. The minimum Gasteiger partial charge on any atom is -0.366 e. The third-order valence-electron chi connectivity index (χ3n) is 4.65. The average Bonchev–Trinajstić information content (AvgIpc) is 3.03. The normalized spacial score (nSPS) is 17.2. The van der Waals surface area contributed by atoms with Gasteiger partial charge in [0.1, 0.15) is 0 Å². The molecule has 1 aliphatic carbocycles. The molecule has 0 unspecified atom stereocenters. The number of amides is 1. The van der Waals surface area contributed by atoms with Gasteiger partial charge < -0.3 is 5.73 Å². The van der Waals surface area contributed by atoms with Crippen LogP contribution in [0.15, 0.2) is 35.7 Å². The molecule has 1 heterocycles. The molecule has 0 bridgehead atoms. The van der Waals surface area contributed by atoms with Gasteiger partial charge >= 0.3 is 0 Å². The first kappa shape index (κ1) is 16.2.